The SMILES string of the molecule is CCCC(C)(O)CNC(=O)C(C)(N)CCC. The molecule has 0 aliphatic heterocycles. The van der Waals surface area contributed by atoms with Crippen LogP contribution in [0.25, 0.3) is 0 Å². The third kappa shape index (κ3) is 5.47. The van der Waals surface area contributed by atoms with E-state index < -0.39 is 11.1 Å². The largest absolute Gasteiger partial charge is 0.388 e. The number of hydrogen-bond acceptors (Lipinski definition) is 3. The molecule has 96 valence electrons. The van der Waals surface area contributed by atoms with Crippen LogP contribution in [0.5, 0.6) is 0 Å². The van der Waals surface area contributed by atoms with Gasteiger partial charge in [0.15, 0.2) is 0 Å². The van der Waals surface area contributed by atoms with Gasteiger partial charge in [-0.1, -0.05) is 26.7 Å². The molecule has 16 heavy (non-hydrogen) atoms. The summed E-state index contributed by atoms with van der Waals surface area (Å²) in [5, 5.41) is 12.6. The van der Waals surface area contributed by atoms with E-state index in [1.165, 1.54) is 0 Å². The molecule has 0 rings (SSSR count). The van der Waals surface area contributed by atoms with E-state index in [0.29, 0.717) is 12.8 Å². The van der Waals surface area contributed by atoms with E-state index in [9.17, 15) is 9.90 Å². The second kappa shape index (κ2) is 6.21. The molecule has 0 fully saturated rings. The average Bonchev–Trinajstić information content (AvgIpc) is 2.14. The molecular weight excluding hydrogens is 204 g/mol. The number of carbonyl (C=O) groups excluding carboxylic acids is 1. The second-order valence-electron chi connectivity index (χ2n) is 5.10. The quantitative estimate of drug-likeness (QED) is 0.614. The molecule has 0 bridgehead atoms. The molecule has 2 unspecified atom stereocenters. The normalized spacial score (nSPS) is 18.6. The van der Waals surface area contributed by atoms with Gasteiger partial charge in [-0.05, 0) is 26.7 Å². The molecule has 0 radical (unpaired) electrons. The Bertz CT molecular complexity index is 225. The average molecular weight is 230 g/mol. The van der Waals surface area contributed by atoms with Crippen LogP contribution in [-0.2, 0) is 4.79 Å². The van der Waals surface area contributed by atoms with E-state index in [2.05, 4.69) is 5.32 Å². The van der Waals surface area contributed by atoms with Crippen molar-refractivity contribution in [3.63, 3.8) is 0 Å². The summed E-state index contributed by atoms with van der Waals surface area (Å²) in [6.07, 6.45) is 3.07. The number of rotatable bonds is 7. The van der Waals surface area contributed by atoms with Crippen molar-refractivity contribution >= 4 is 5.91 Å². The summed E-state index contributed by atoms with van der Waals surface area (Å²) in [5.74, 6) is -0.189. The van der Waals surface area contributed by atoms with Crippen LogP contribution in [0.4, 0.5) is 0 Å². The van der Waals surface area contributed by atoms with E-state index in [1.54, 1.807) is 13.8 Å². The van der Waals surface area contributed by atoms with Crippen LogP contribution in [0.2, 0.25) is 0 Å². The fraction of sp³-hybridized carbons (Fsp3) is 0.917. The third-order valence-electron chi connectivity index (χ3n) is 2.71. The fourth-order valence-electron chi connectivity index (χ4n) is 1.73. The number of aliphatic hydroxyl groups is 1. The molecule has 2 atom stereocenters. The van der Waals surface area contributed by atoms with Crippen LogP contribution in [0.3, 0.4) is 0 Å². The van der Waals surface area contributed by atoms with Crippen LogP contribution < -0.4 is 11.1 Å². The van der Waals surface area contributed by atoms with Crippen molar-refractivity contribution < 1.29 is 9.90 Å². The van der Waals surface area contributed by atoms with Gasteiger partial charge in [0.2, 0.25) is 5.91 Å². The van der Waals surface area contributed by atoms with Gasteiger partial charge in [-0.25, -0.2) is 0 Å². The summed E-state index contributed by atoms with van der Waals surface area (Å²) in [4.78, 5) is 11.8. The highest BCUT2D eigenvalue weighted by atomic mass is 16.3. The van der Waals surface area contributed by atoms with Gasteiger partial charge >= 0.3 is 0 Å². The van der Waals surface area contributed by atoms with Gasteiger partial charge in [0, 0.05) is 6.54 Å². The highest BCUT2D eigenvalue weighted by molar-refractivity contribution is 5.85. The molecule has 4 N–H and O–H groups in total. The molecule has 0 aliphatic carbocycles. The molecule has 0 saturated heterocycles. The van der Waals surface area contributed by atoms with Gasteiger partial charge in [-0.2, -0.15) is 0 Å². The predicted molar refractivity (Wildman–Crippen MR) is 66.0 cm³/mol. The number of hydrogen-bond donors (Lipinski definition) is 3. The Kier molecular flexibility index (Phi) is 5.97. The zero-order valence-corrected chi connectivity index (χ0v) is 11.0. The number of nitrogens with two attached hydrogens (primary N) is 1. The van der Waals surface area contributed by atoms with Crippen LogP contribution in [-0.4, -0.2) is 28.7 Å². The van der Waals surface area contributed by atoms with Gasteiger partial charge in [-0.15, -0.1) is 0 Å². The van der Waals surface area contributed by atoms with Crippen LogP contribution >= 0.6 is 0 Å². The molecule has 0 spiro atoms. The van der Waals surface area contributed by atoms with Crippen LogP contribution in [0.15, 0.2) is 0 Å². The Hall–Kier alpha value is -0.610. The zero-order valence-electron chi connectivity index (χ0n) is 11.0. The monoisotopic (exact) mass is 230 g/mol. The molecule has 4 nitrogen and oxygen atoms in total. The Morgan fingerprint density at radius 2 is 1.75 bits per heavy atom. The van der Waals surface area contributed by atoms with E-state index >= 15 is 0 Å². The van der Waals surface area contributed by atoms with Gasteiger partial charge in [0.05, 0.1) is 11.1 Å². The van der Waals surface area contributed by atoms with Crippen LogP contribution in [0.1, 0.15) is 53.4 Å². The molecule has 0 aromatic carbocycles. The van der Waals surface area contributed by atoms with Crippen LogP contribution in [0, 0.1) is 0 Å². The molecule has 0 aliphatic rings. The minimum atomic E-state index is -0.841. The maximum Gasteiger partial charge on any atom is 0.239 e. The summed E-state index contributed by atoms with van der Waals surface area (Å²) in [5.41, 5.74) is 4.20. The summed E-state index contributed by atoms with van der Waals surface area (Å²) in [6.45, 7) is 7.70. The Labute approximate surface area is 98.6 Å². The van der Waals surface area contributed by atoms with Crippen molar-refractivity contribution in [1.29, 1.82) is 0 Å². The third-order valence-corrected chi connectivity index (χ3v) is 2.71. The first-order valence-electron chi connectivity index (χ1n) is 6.04. The minimum absolute atomic E-state index is 0.189. The fourth-order valence-corrected chi connectivity index (χ4v) is 1.73. The Morgan fingerprint density at radius 3 is 2.19 bits per heavy atom. The molecule has 0 aromatic heterocycles. The second-order valence-corrected chi connectivity index (χ2v) is 5.10. The van der Waals surface area contributed by atoms with E-state index in [-0.39, 0.29) is 12.5 Å². The summed E-state index contributed by atoms with van der Waals surface area (Å²) in [7, 11) is 0. The number of nitrogens with one attached hydrogen (secondary N) is 1. The van der Waals surface area contributed by atoms with Gasteiger partial charge in [0.1, 0.15) is 0 Å². The van der Waals surface area contributed by atoms with Gasteiger partial charge in [-0.3, -0.25) is 4.79 Å². The van der Waals surface area contributed by atoms with Crippen molar-refractivity contribution in [1.82, 2.24) is 5.32 Å². The first kappa shape index (κ1) is 15.4. The minimum Gasteiger partial charge on any atom is -0.388 e. The Balaban J connectivity index is 4.16. The molecule has 0 saturated carbocycles. The summed E-state index contributed by atoms with van der Waals surface area (Å²) < 4.78 is 0. The first-order chi connectivity index (χ1) is 7.25. The summed E-state index contributed by atoms with van der Waals surface area (Å²) >= 11 is 0. The number of amides is 1. The maximum absolute atomic E-state index is 11.8. The molecule has 0 heterocycles. The van der Waals surface area contributed by atoms with Crippen molar-refractivity contribution in [3.8, 4) is 0 Å². The first-order valence-corrected chi connectivity index (χ1v) is 6.04. The topological polar surface area (TPSA) is 75.3 Å². The Morgan fingerprint density at radius 1 is 1.25 bits per heavy atom. The van der Waals surface area contributed by atoms with Crippen molar-refractivity contribution in [3.05, 3.63) is 0 Å². The number of carbonyl (C=O) groups is 1. The summed E-state index contributed by atoms with van der Waals surface area (Å²) in [6, 6.07) is 0. The van der Waals surface area contributed by atoms with Crippen molar-refractivity contribution in [2.24, 2.45) is 5.73 Å². The smallest absolute Gasteiger partial charge is 0.239 e. The standard InChI is InChI=1S/C12H26N2O2/c1-5-7-11(3,16)9-14-10(15)12(4,13)8-6-2/h16H,5-9,13H2,1-4H3,(H,14,15). The lowest BCUT2D eigenvalue weighted by Gasteiger charge is -2.27. The van der Waals surface area contributed by atoms with E-state index in [0.717, 1.165) is 12.8 Å². The van der Waals surface area contributed by atoms with Crippen molar-refractivity contribution in [2.75, 3.05) is 6.54 Å². The lowest BCUT2D eigenvalue weighted by Crippen LogP contribution is -2.54. The highest BCUT2D eigenvalue weighted by Gasteiger charge is 2.29. The van der Waals surface area contributed by atoms with E-state index in [1.807, 2.05) is 13.8 Å². The maximum atomic E-state index is 11.8. The lowest BCUT2D eigenvalue weighted by molar-refractivity contribution is -0.127. The van der Waals surface area contributed by atoms with Crippen molar-refractivity contribution in [2.45, 2.75) is 64.5 Å². The molecule has 4 heteroatoms. The highest BCUT2D eigenvalue weighted by Crippen LogP contribution is 2.12. The molecule has 1 amide bonds. The molecule has 0 aromatic rings. The predicted octanol–water partition coefficient (Wildman–Crippen LogP) is 1.17. The lowest BCUT2D eigenvalue weighted by atomic mass is 9.95. The molecular formula is C12H26N2O2. The van der Waals surface area contributed by atoms with E-state index in [4.69, 9.17) is 5.73 Å². The zero-order chi connectivity index (χ0) is 12.8. The van der Waals surface area contributed by atoms with Gasteiger partial charge in [0.25, 0.3) is 0 Å². The van der Waals surface area contributed by atoms with Gasteiger partial charge < -0.3 is 16.2 Å².